The molecule has 1 rings (SSSR count). The van der Waals surface area contributed by atoms with Gasteiger partial charge in [-0.3, -0.25) is 0 Å². The molecular formula is C18H28F8O. The first-order valence-electron chi connectivity index (χ1n) is 9.38. The molecule has 0 spiro atoms. The minimum absolute atomic E-state index is 0.0657. The van der Waals surface area contributed by atoms with Gasteiger partial charge in [0.1, 0.15) is 0 Å². The highest BCUT2D eigenvalue weighted by atomic mass is 19.4. The molecule has 0 aliphatic heterocycles. The van der Waals surface area contributed by atoms with Gasteiger partial charge in [-0.2, -0.15) is 22.0 Å². The fourth-order valence-electron chi connectivity index (χ4n) is 3.88. The van der Waals surface area contributed by atoms with E-state index in [1.807, 2.05) is 6.92 Å². The minimum atomic E-state index is -5.69. The van der Waals surface area contributed by atoms with Gasteiger partial charge in [0.2, 0.25) is 11.3 Å². The third-order valence-corrected chi connectivity index (χ3v) is 5.50. The van der Waals surface area contributed by atoms with Crippen LogP contribution in [0.5, 0.6) is 0 Å². The SMILES string of the molecule is CCCCCCCCOC1(C(F)(F)F)CC(CC)C(F)(C(C)(F)F)C1(F)F. The van der Waals surface area contributed by atoms with E-state index in [0.29, 0.717) is 12.8 Å². The Labute approximate surface area is 154 Å². The summed E-state index contributed by atoms with van der Waals surface area (Å²) in [7, 11) is 0. The Kier molecular flexibility index (Phi) is 7.61. The van der Waals surface area contributed by atoms with Crippen LogP contribution in [-0.4, -0.2) is 35.9 Å². The quantitative estimate of drug-likeness (QED) is 0.275. The lowest BCUT2D eigenvalue weighted by Gasteiger charge is -2.42. The Hall–Kier alpha value is -0.600. The number of hydrogen-bond acceptors (Lipinski definition) is 1. The lowest BCUT2D eigenvalue weighted by molar-refractivity contribution is -0.365. The Morgan fingerprint density at radius 3 is 1.81 bits per heavy atom. The summed E-state index contributed by atoms with van der Waals surface area (Å²) < 4.78 is 117. The van der Waals surface area contributed by atoms with Crippen molar-refractivity contribution in [2.45, 2.75) is 101 Å². The first-order chi connectivity index (χ1) is 12.2. The van der Waals surface area contributed by atoms with E-state index in [0.717, 1.165) is 26.2 Å². The van der Waals surface area contributed by atoms with Gasteiger partial charge in [0, 0.05) is 19.4 Å². The van der Waals surface area contributed by atoms with Crippen LogP contribution in [0.1, 0.15) is 72.1 Å². The topological polar surface area (TPSA) is 9.23 Å². The summed E-state index contributed by atoms with van der Waals surface area (Å²) in [5.74, 6) is -12.3. The van der Waals surface area contributed by atoms with Gasteiger partial charge in [-0.1, -0.05) is 46.0 Å². The van der Waals surface area contributed by atoms with Crippen LogP contribution < -0.4 is 0 Å². The zero-order valence-electron chi connectivity index (χ0n) is 15.9. The van der Waals surface area contributed by atoms with Crippen molar-refractivity contribution in [1.82, 2.24) is 0 Å². The fourth-order valence-corrected chi connectivity index (χ4v) is 3.88. The number of rotatable bonds is 10. The maximum absolute atomic E-state index is 14.9. The first-order valence-corrected chi connectivity index (χ1v) is 9.38. The van der Waals surface area contributed by atoms with Gasteiger partial charge in [-0.15, -0.1) is 0 Å². The molecular weight excluding hydrogens is 384 g/mol. The fraction of sp³-hybridized carbons (Fsp3) is 1.00. The molecule has 162 valence electrons. The molecule has 0 radical (unpaired) electrons. The zero-order valence-corrected chi connectivity index (χ0v) is 15.9. The number of hydrogen-bond donors (Lipinski definition) is 0. The second-order valence-electron chi connectivity index (χ2n) is 7.42. The molecule has 0 aromatic heterocycles. The average Bonchev–Trinajstić information content (AvgIpc) is 2.72. The molecule has 0 aromatic rings. The predicted octanol–water partition coefficient (Wildman–Crippen LogP) is 7.09. The van der Waals surface area contributed by atoms with Gasteiger partial charge in [0.05, 0.1) is 0 Å². The summed E-state index contributed by atoms with van der Waals surface area (Å²) >= 11 is 0. The molecule has 0 amide bonds. The van der Waals surface area contributed by atoms with Gasteiger partial charge >= 0.3 is 12.1 Å². The smallest absolute Gasteiger partial charge is 0.360 e. The van der Waals surface area contributed by atoms with E-state index in [2.05, 4.69) is 4.74 Å². The highest BCUT2D eigenvalue weighted by Gasteiger charge is 2.89. The van der Waals surface area contributed by atoms with Crippen molar-refractivity contribution in [3.63, 3.8) is 0 Å². The zero-order chi connectivity index (χ0) is 21.1. The largest absolute Gasteiger partial charge is 0.423 e. The molecule has 9 heteroatoms. The van der Waals surface area contributed by atoms with Crippen LogP contribution in [0.15, 0.2) is 0 Å². The Balaban J connectivity index is 3.08. The maximum atomic E-state index is 14.9. The summed E-state index contributed by atoms with van der Waals surface area (Å²) in [6.07, 6.45) is -3.83. The van der Waals surface area contributed by atoms with E-state index in [1.54, 1.807) is 0 Å². The predicted molar refractivity (Wildman–Crippen MR) is 85.9 cm³/mol. The number of halogens is 8. The summed E-state index contributed by atoms with van der Waals surface area (Å²) in [4.78, 5) is 0. The Morgan fingerprint density at radius 1 is 0.889 bits per heavy atom. The standard InChI is InChI=1S/C18H28F8O/c1-4-6-7-8-9-10-11-27-15(18(24,25)26)12-13(5-2)16(21,14(3,19)20)17(15,22)23/h13H,4-12H2,1-3H3. The highest BCUT2D eigenvalue weighted by Crippen LogP contribution is 2.67. The highest BCUT2D eigenvalue weighted by molar-refractivity contribution is 5.23. The first kappa shape index (κ1) is 24.4. The van der Waals surface area contributed by atoms with Crippen molar-refractivity contribution in [3.05, 3.63) is 0 Å². The molecule has 1 nitrogen and oxygen atoms in total. The molecule has 0 aromatic carbocycles. The Morgan fingerprint density at radius 2 is 1.41 bits per heavy atom. The number of ether oxygens (including phenoxy) is 1. The van der Waals surface area contributed by atoms with Crippen molar-refractivity contribution in [1.29, 1.82) is 0 Å². The van der Waals surface area contributed by atoms with Crippen molar-refractivity contribution in [2.24, 2.45) is 5.92 Å². The monoisotopic (exact) mass is 412 g/mol. The van der Waals surface area contributed by atoms with E-state index >= 15 is 0 Å². The lowest BCUT2D eigenvalue weighted by Crippen LogP contribution is -2.67. The van der Waals surface area contributed by atoms with Gasteiger partial charge in [0.25, 0.3) is 5.92 Å². The molecule has 0 saturated heterocycles. The number of alkyl halides is 8. The van der Waals surface area contributed by atoms with E-state index in [-0.39, 0.29) is 13.3 Å². The molecule has 27 heavy (non-hydrogen) atoms. The summed E-state index contributed by atoms with van der Waals surface area (Å²) in [5.41, 5.74) is -8.89. The van der Waals surface area contributed by atoms with Gasteiger partial charge < -0.3 is 4.74 Å². The minimum Gasteiger partial charge on any atom is -0.360 e. The lowest BCUT2D eigenvalue weighted by atomic mass is 9.83. The molecule has 1 saturated carbocycles. The molecule has 3 unspecified atom stereocenters. The Bertz CT molecular complexity index is 473. The summed E-state index contributed by atoms with van der Waals surface area (Å²) in [6.45, 7) is 2.29. The van der Waals surface area contributed by atoms with Crippen LogP contribution in [-0.2, 0) is 4.74 Å². The van der Waals surface area contributed by atoms with Crippen molar-refractivity contribution < 1.29 is 39.9 Å². The van der Waals surface area contributed by atoms with Crippen molar-refractivity contribution in [3.8, 4) is 0 Å². The second-order valence-corrected chi connectivity index (χ2v) is 7.42. The van der Waals surface area contributed by atoms with Crippen LogP contribution in [0.4, 0.5) is 35.1 Å². The molecule has 1 fully saturated rings. The van der Waals surface area contributed by atoms with Crippen LogP contribution in [0.3, 0.4) is 0 Å². The van der Waals surface area contributed by atoms with Gasteiger partial charge in [-0.05, 0) is 19.3 Å². The molecule has 0 bridgehead atoms. The van der Waals surface area contributed by atoms with Gasteiger partial charge in [0.15, 0.2) is 0 Å². The maximum Gasteiger partial charge on any atom is 0.423 e. The van der Waals surface area contributed by atoms with E-state index in [1.165, 1.54) is 0 Å². The molecule has 3 atom stereocenters. The van der Waals surface area contributed by atoms with E-state index < -0.39 is 54.7 Å². The van der Waals surface area contributed by atoms with Crippen LogP contribution in [0.25, 0.3) is 0 Å². The van der Waals surface area contributed by atoms with Crippen molar-refractivity contribution in [2.75, 3.05) is 6.61 Å². The van der Waals surface area contributed by atoms with Crippen molar-refractivity contribution >= 4 is 0 Å². The normalized spacial score (nSPS) is 31.4. The van der Waals surface area contributed by atoms with Gasteiger partial charge in [-0.25, -0.2) is 13.2 Å². The average molecular weight is 412 g/mol. The molecule has 0 N–H and O–H groups in total. The molecule has 0 heterocycles. The summed E-state index contributed by atoms with van der Waals surface area (Å²) in [5, 5.41) is 0. The van der Waals surface area contributed by atoms with Crippen LogP contribution in [0, 0.1) is 5.92 Å². The molecule has 1 aliphatic rings. The van der Waals surface area contributed by atoms with Crippen LogP contribution in [0.2, 0.25) is 0 Å². The number of unbranched alkanes of at least 4 members (excludes halogenated alkanes) is 5. The van der Waals surface area contributed by atoms with E-state index in [9.17, 15) is 35.1 Å². The van der Waals surface area contributed by atoms with Crippen LogP contribution >= 0.6 is 0 Å². The summed E-state index contributed by atoms with van der Waals surface area (Å²) in [6, 6.07) is 0. The molecule has 1 aliphatic carbocycles. The third-order valence-electron chi connectivity index (χ3n) is 5.50. The second kappa shape index (κ2) is 8.41. The van der Waals surface area contributed by atoms with E-state index in [4.69, 9.17) is 0 Å². The third kappa shape index (κ3) is 4.08.